The molecule has 0 aromatic carbocycles. The largest absolute Gasteiger partial charge is 0.270 e. The third-order valence-corrected chi connectivity index (χ3v) is 7.35. The lowest BCUT2D eigenvalue weighted by Crippen LogP contribution is -2.20. The normalized spacial score (nSPS) is 10.9. The first-order chi connectivity index (χ1) is 17.7. The van der Waals surface area contributed by atoms with E-state index >= 15 is 0 Å². The zero-order valence-electron chi connectivity index (χ0n) is 24.0. The topological polar surface area (TPSA) is 70.0 Å². The van der Waals surface area contributed by atoms with Crippen LogP contribution in [-0.2, 0) is 9.59 Å². The predicted octanol–water partition coefficient (Wildman–Crippen LogP) is 10.4. The molecule has 0 heterocycles. The molecule has 0 spiro atoms. The minimum absolute atomic E-state index is 0.0908. The van der Waals surface area contributed by atoms with E-state index in [1.807, 2.05) is 0 Å². The number of hydroxylamine groups is 1. The van der Waals surface area contributed by atoms with Crippen molar-refractivity contribution in [1.82, 2.24) is 5.17 Å². The molecule has 0 saturated carbocycles. The average molecular weight is 509 g/mol. The quantitative estimate of drug-likeness (QED) is 0.0359. The summed E-state index contributed by atoms with van der Waals surface area (Å²) in [6, 6.07) is 0. The summed E-state index contributed by atoms with van der Waals surface area (Å²) in [5.74, 6) is -0.544. The van der Waals surface area contributed by atoms with Gasteiger partial charge in [-0.3, -0.25) is 10.0 Å². The Morgan fingerprint density at radius 1 is 0.528 bits per heavy atom. The molecule has 0 aliphatic carbocycles. The first kappa shape index (κ1) is 34.8. The van der Waals surface area contributed by atoms with E-state index in [1.165, 1.54) is 154 Å². The van der Waals surface area contributed by atoms with Gasteiger partial charge >= 0.3 is 0 Å². The molecule has 0 rings (SSSR count). The van der Waals surface area contributed by atoms with Crippen LogP contribution < -0.4 is 0 Å². The average Bonchev–Trinajstić information content (AvgIpc) is 2.88. The van der Waals surface area contributed by atoms with Gasteiger partial charge in [0.2, 0.25) is 0 Å². The maximum Gasteiger partial charge on any atom is 0.269 e. The fourth-order valence-electron chi connectivity index (χ4n) is 4.96. The lowest BCUT2D eigenvalue weighted by molar-refractivity contribution is -0.165. The molecule has 1 N–H and O–H groups in total. The highest BCUT2D eigenvalue weighted by atomic mass is 16.5. The molecule has 0 aliphatic rings. The zero-order valence-corrected chi connectivity index (χ0v) is 24.0. The molecule has 212 valence electrons. The van der Waals surface area contributed by atoms with E-state index < -0.39 is 5.91 Å². The molecule has 36 heavy (non-hydrogen) atoms. The SMILES string of the molecule is CCCCCCCCCCCCCCCCCCCCCCCCCCCCCC(=O)N(O)N=C=O. The van der Waals surface area contributed by atoms with E-state index in [0.717, 1.165) is 25.3 Å². The summed E-state index contributed by atoms with van der Waals surface area (Å²) in [7, 11) is 0. The van der Waals surface area contributed by atoms with Crippen molar-refractivity contribution < 1.29 is 14.8 Å². The number of nitrogens with zero attached hydrogens (tertiary/aromatic N) is 2. The molecule has 1 amide bonds. The molecule has 0 atom stereocenters. The standard InChI is InChI=1S/C31H60N2O3/c1-2-3-4-5-6-7-8-9-10-11-12-13-14-15-16-17-18-19-20-21-22-23-24-25-26-27-28-29-31(35)33(36)32-30-34/h36H,2-29H2,1H3. The first-order valence-electron chi connectivity index (χ1n) is 15.8. The maximum atomic E-state index is 11.4. The van der Waals surface area contributed by atoms with E-state index in [0.29, 0.717) is 0 Å². The van der Waals surface area contributed by atoms with E-state index in [2.05, 4.69) is 12.0 Å². The molecule has 0 aromatic rings. The van der Waals surface area contributed by atoms with Crippen LogP contribution in [0, 0.1) is 0 Å². The number of hydrogen-bond acceptors (Lipinski definition) is 4. The van der Waals surface area contributed by atoms with Crippen LogP contribution in [0.4, 0.5) is 0 Å². The second-order valence-electron chi connectivity index (χ2n) is 10.8. The fraction of sp³-hybridized carbons (Fsp3) is 0.935. The molecule has 0 radical (unpaired) electrons. The van der Waals surface area contributed by atoms with Gasteiger partial charge in [-0.1, -0.05) is 184 Å². The van der Waals surface area contributed by atoms with E-state index in [9.17, 15) is 9.59 Å². The fourth-order valence-corrected chi connectivity index (χ4v) is 4.96. The van der Waals surface area contributed by atoms with Crippen LogP contribution in [-0.4, -0.2) is 22.4 Å². The Balaban J connectivity index is 3.11. The Bertz CT molecular complexity index is 506. The second kappa shape index (κ2) is 30.0. The Morgan fingerprint density at radius 3 is 1.03 bits per heavy atom. The number of rotatable bonds is 29. The lowest BCUT2D eigenvalue weighted by Gasteiger charge is -2.06. The summed E-state index contributed by atoms with van der Waals surface area (Å²) in [5, 5.41) is 12.0. The number of isocyanates is 1. The van der Waals surface area contributed by atoms with Crippen molar-refractivity contribution in [2.75, 3.05) is 0 Å². The van der Waals surface area contributed by atoms with Crippen molar-refractivity contribution in [2.24, 2.45) is 5.10 Å². The van der Waals surface area contributed by atoms with Gasteiger partial charge in [-0.15, -0.1) is 0 Å². The Hall–Kier alpha value is -1.19. The summed E-state index contributed by atoms with van der Waals surface area (Å²) >= 11 is 0. The molecule has 0 fully saturated rings. The Morgan fingerprint density at radius 2 is 0.778 bits per heavy atom. The van der Waals surface area contributed by atoms with Gasteiger partial charge in [-0.05, 0) is 6.42 Å². The van der Waals surface area contributed by atoms with E-state index in [-0.39, 0.29) is 11.6 Å². The number of hydrazone groups is 1. The third-order valence-electron chi connectivity index (χ3n) is 7.35. The minimum Gasteiger partial charge on any atom is -0.270 e. The molecule has 5 nitrogen and oxygen atoms in total. The van der Waals surface area contributed by atoms with Gasteiger partial charge in [0.05, 0.1) is 0 Å². The van der Waals surface area contributed by atoms with Crippen LogP contribution in [0.1, 0.15) is 187 Å². The summed E-state index contributed by atoms with van der Waals surface area (Å²) in [6.07, 6.45) is 38.0. The second-order valence-corrected chi connectivity index (χ2v) is 10.8. The van der Waals surface area contributed by atoms with Gasteiger partial charge in [-0.2, -0.15) is 0 Å². The van der Waals surface area contributed by atoms with Gasteiger partial charge < -0.3 is 0 Å². The monoisotopic (exact) mass is 508 g/mol. The Kier molecular flexibility index (Phi) is 29.0. The molecule has 0 bridgehead atoms. The van der Waals surface area contributed by atoms with Crippen molar-refractivity contribution in [1.29, 1.82) is 0 Å². The van der Waals surface area contributed by atoms with Gasteiger partial charge in [-0.25, -0.2) is 4.79 Å². The van der Waals surface area contributed by atoms with Gasteiger partial charge in [0.25, 0.3) is 12.0 Å². The number of hydrogen-bond donors (Lipinski definition) is 1. The first-order valence-corrected chi connectivity index (χ1v) is 15.8. The van der Waals surface area contributed by atoms with Crippen LogP contribution in [0.15, 0.2) is 5.10 Å². The van der Waals surface area contributed by atoms with Gasteiger partial charge in [0.1, 0.15) is 0 Å². The number of unbranched alkanes of at least 4 members (excludes halogenated alkanes) is 26. The van der Waals surface area contributed by atoms with E-state index in [4.69, 9.17) is 5.21 Å². The Labute approximate surface area is 223 Å². The number of carbonyl (C=O) groups is 1. The molecule has 5 heteroatoms. The van der Waals surface area contributed by atoms with Crippen LogP contribution in [0.25, 0.3) is 0 Å². The number of carbonyl (C=O) groups excluding carboxylic acids is 2. The molecule has 0 aliphatic heterocycles. The van der Waals surface area contributed by atoms with Crippen LogP contribution in [0.3, 0.4) is 0 Å². The van der Waals surface area contributed by atoms with Gasteiger partial charge in [0.15, 0.2) is 0 Å². The molecule has 0 unspecified atom stereocenters. The maximum absolute atomic E-state index is 11.4. The van der Waals surface area contributed by atoms with Crippen molar-refractivity contribution in [3.63, 3.8) is 0 Å². The van der Waals surface area contributed by atoms with Crippen LogP contribution in [0.5, 0.6) is 0 Å². The van der Waals surface area contributed by atoms with Crippen molar-refractivity contribution >= 4 is 12.0 Å². The summed E-state index contributed by atoms with van der Waals surface area (Å²) < 4.78 is 0. The van der Waals surface area contributed by atoms with E-state index in [1.54, 1.807) is 0 Å². The lowest BCUT2D eigenvalue weighted by atomic mass is 10.0. The van der Waals surface area contributed by atoms with Crippen molar-refractivity contribution in [2.45, 2.75) is 187 Å². The van der Waals surface area contributed by atoms with Crippen LogP contribution in [0.2, 0.25) is 0 Å². The van der Waals surface area contributed by atoms with Crippen molar-refractivity contribution in [3.8, 4) is 0 Å². The zero-order chi connectivity index (χ0) is 26.4. The van der Waals surface area contributed by atoms with Crippen LogP contribution >= 0.6 is 0 Å². The third kappa shape index (κ3) is 27.4. The summed E-state index contributed by atoms with van der Waals surface area (Å²) in [5.41, 5.74) is 0. The molecular weight excluding hydrogens is 448 g/mol. The highest BCUT2D eigenvalue weighted by Gasteiger charge is 2.08. The highest BCUT2D eigenvalue weighted by Crippen LogP contribution is 2.16. The smallest absolute Gasteiger partial charge is 0.269 e. The van der Waals surface area contributed by atoms with Gasteiger partial charge in [0, 0.05) is 6.42 Å². The molecule has 0 saturated heterocycles. The van der Waals surface area contributed by atoms with Crippen molar-refractivity contribution in [3.05, 3.63) is 0 Å². The predicted molar refractivity (Wildman–Crippen MR) is 152 cm³/mol. The molecule has 0 aromatic heterocycles. The minimum atomic E-state index is -0.544. The highest BCUT2D eigenvalue weighted by molar-refractivity contribution is 5.74. The summed E-state index contributed by atoms with van der Waals surface area (Å²) in [4.78, 5) is 21.4. The summed E-state index contributed by atoms with van der Waals surface area (Å²) in [6.45, 7) is 2.29. The molecular formula is C31H60N2O3. The number of amides is 1.